The topological polar surface area (TPSA) is 36.9 Å². The summed E-state index contributed by atoms with van der Waals surface area (Å²) in [5.41, 5.74) is 11.2. The largest absolute Gasteiger partial charge is 0.494 e. The molecule has 6 heteroatoms. The first-order chi connectivity index (χ1) is 29.5. The molecule has 0 unspecified atom stereocenters. The quantitative estimate of drug-likeness (QED) is 0.0635. The standard InChI is InChI=1S/C56H66B2O4/c1-13-16-19-22-25-41-32-40(4)33-44(35-41)56(45-36-42(26-23-20-17-14-2)34-43(37-45)27-24-21-18-15-3)50-38-46(57-59-52(5,6)53(7,8)60-57)28-30-48(50)49-31-29-47(39-51(49)56)58-61-54(9,10)55(11,12)62-58/h2,28-39H,13,15-16,18-19,21-22,24-25,27H2,1,3-12H3. The van der Waals surface area contributed by atoms with Crippen LogP contribution in [0.15, 0.2) is 72.8 Å². The van der Waals surface area contributed by atoms with E-state index in [1.165, 1.54) is 88.6 Å². The molecular weight excluding hydrogens is 758 g/mol. The molecule has 4 aromatic rings. The SMILES string of the molecule is C#CC#CC#Cc1cc(CCCCCC)cc(C2(c3cc(C)cc(CCCCCC)c3)c3cc(B4OC(C)(C)C(C)(C)O4)ccc3-c3ccc(B4OC(C)(C)C(C)(C)O4)cc32)c1. The first-order valence-corrected chi connectivity index (χ1v) is 23.2. The minimum absolute atomic E-state index is 0.486. The number of hydrogen-bond acceptors (Lipinski definition) is 4. The summed E-state index contributed by atoms with van der Waals surface area (Å²) in [6, 6.07) is 28.0. The fourth-order valence-electron chi connectivity index (χ4n) is 9.43. The molecule has 2 aliphatic heterocycles. The van der Waals surface area contributed by atoms with Gasteiger partial charge in [0.1, 0.15) is 0 Å². The lowest BCUT2D eigenvalue weighted by atomic mass is 9.64. The van der Waals surface area contributed by atoms with E-state index in [1.54, 1.807) is 0 Å². The van der Waals surface area contributed by atoms with Crippen LogP contribution in [0.2, 0.25) is 0 Å². The number of aryl methyl sites for hydroxylation is 3. The Bertz CT molecular complexity index is 2360. The minimum atomic E-state index is -0.755. The van der Waals surface area contributed by atoms with Gasteiger partial charge in [-0.05, 0) is 179 Å². The van der Waals surface area contributed by atoms with E-state index in [9.17, 15) is 0 Å². The van der Waals surface area contributed by atoms with Gasteiger partial charge in [-0.15, -0.1) is 6.42 Å². The normalized spacial score (nSPS) is 18.3. The Morgan fingerprint density at radius 3 is 1.45 bits per heavy atom. The molecule has 7 rings (SSSR count). The lowest BCUT2D eigenvalue weighted by Crippen LogP contribution is -2.41. The number of terminal acetylenes is 1. The van der Waals surface area contributed by atoms with E-state index in [4.69, 9.17) is 25.0 Å². The molecule has 0 saturated carbocycles. The average Bonchev–Trinajstić information content (AvgIpc) is 3.73. The molecule has 0 spiro atoms. The zero-order chi connectivity index (χ0) is 44.5. The van der Waals surface area contributed by atoms with Gasteiger partial charge < -0.3 is 18.6 Å². The van der Waals surface area contributed by atoms with Crippen molar-refractivity contribution in [2.75, 3.05) is 0 Å². The molecule has 2 heterocycles. The van der Waals surface area contributed by atoms with E-state index in [-0.39, 0.29) is 0 Å². The van der Waals surface area contributed by atoms with Gasteiger partial charge in [0, 0.05) is 5.56 Å². The van der Waals surface area contributed by atoms with Gasteiger partial charge in [-0.25, -0.2) is 0 Å². The van der Waals surface area contributed by atoms with Crippen LogP contribution in [0.5, 0.6) is 0 Å². The molecular formula is C56H66B2O4. The van der Waals surface area contributed by atoms with Crippen LogP contribution in [-0.2, 0) is 36.9 Å². The maximum Gasteiger partial charge on any atom is 0.494 e. The van der Waals surface area contributed by atoms with Gasteiger partial charge in [0.25, 0.3) is 0 Å². The van der Waals surface area contributed by atoms with Crippen molar-refractivity contribution in [2.24, 2.45) is 0 Å². The van der Waals surface area contributed by atoms with Crippen molar-refractivity contribution in [3.63, 3.8) is 0 Å². The van der Waals surface area contributed by atoms with Crippen molar-refractivity contribution in [1.82, 2.24) is 0 Å². The lowest BCUT2D eigenvalue weighted by molar-refractivity contribution is 0.00578. The fourth-order valence-corrected chi connectivity index (χ4v) is 9.43. The second kappa shape index (κ2) is 18.0. The van der Waals surface area contributed by atoms with E-state index in [1.807, 2.05) is 0 Å². The van der Waals surface area contributed by atoms with E-state index < -0.39 is 42.1 Å². The van der Waals surface area contributed by atoms with E-state index in [2.05, 4.69) is 179 Å². The van der Waals surface area contributed by atoms with E-state index in [0.29, 0.717) is 0 Å². The van der Waals surface area contributed by atoms with Crippen LogP contribution in [0.4, 0.5) is 0 Å². The van der Waals surface area contributed by atoms with Crippen LogP contribution in [0.3, 0.4) is 0 Å². The van der Waals surface area contributed by atoms with E-state index >= 15 is 0 Å². The van der Waals surface area contributed by atoms with Gasteiger partial charge in [-0.1, -0.05) is 125 Å². The molecule has 0 bridgehead atoms. The Morgan fingerprint density at radius 2 is 0.984 bits per heavy atom. The highest BCUT2D eigenvalue weighted by atomic mass is 16.7. The second-order valence-electron chi connectivity index (χ2n) is 19.9. The molecule has 2 saturated heterocycles. The average molecular weight is 825 g/mol. The zero-order valence-corrected chi connectivity index (χ0v) is 39.4. The number of benzene rings is 4. The van der Waals surface area contributed by atoms with Gasteiger partial charge >= 0.3 is 14.2 Å². The zero-order valence-electron chi connectivity index (χ0n) is 39.4. The lowest BCUT2D eigenvalue weighted by Gasteiger charge is -2.36. The number of hydrogen-bond donors (Lipinski definition) is 0. The van der Waals surface area contributed by atoms with Crippen LogP contribution in [-0.4, -0.2) is 36.6 Å². The molecule has 4 nitrogen and oxygen atoms in total. The Hall–Kier alpha value is -4.47. The van der Waals surface area contributed by atoms with Crippen molar-refractivity contribution in [3.05, 3.63) is 117 Å². The van der Waals surface area contributed by atoms with Crippen LogP contribution < -0.4 is 10.9 Å². The molecule has 62 heavy (non-hydrogen) atoms. The van der Waals surface area contributed by atoms with Crippen molar-refractivity contribution in [1.29, 1.82) is 0 Å². The molecule has 0 radical (unpaired) electrons. The molecule has 3 aliphatic rings. The third kappa shape index (κ3) is 8.73. The number of unbranched alkanes of at least 4 members (excludes halogenated alkanes) is 6. The molecule has 1 aliphatic carbocycles. The highest BCUT2D eigenvalue weighted by Crippen LogP contribution is 2.56. The molecule has 0 N–H and O–H groups in total. The maximum atomic E-state index is 6.76. The van der Waals surface area contributed by atoms with Crippen LogP contribution >= 0.6 is 0 Å². The van der Waals surface area contributed by atoms with Gasteiger partial charge in [-0.3, -0.25) is 0 Å². The van der Waals surface area contributed by atoms with Crippen LogP contribution in [0.25, 0.3) is 11.1 Å². The van der Waals surface area contributed by atoms with Gasteiger partial charge in [-0.2, -0.15) is 0 Å². The summed E-state index contributed by atoms with van der Waals surface area (Å²) in [4.78, 5) is 0. The predicted molar refractivity (Wildman–Crippen MR) is 259 cm³/mol. The fraction of sp³-hybridized carbons (Fsp3) is 0.464. The molecule has 4 aromatic carbocycles. The van der Waals surface area contributed by atoms with Crippen LogP contribution in [0, 0.1) is 42.9 Å². The maximum absolute atomic E-state index is 6.76. The summed E-state index contributed by atoms with van der Waals surface area (Å²) in [5.74, 6) is 14.5. The summed E-state index contributed by atoms with van der Waals surface area (Å²) in [5, 5.41) is 0. The molecule has 320 valence electrons. The molecule has 0 amide bonds. The number of fused-ring (bicyclic) bond motifs is 3. The summed E-state index contributed by atoms with van der Waals surface area (Å²) in [7, 11) is -1.06. The summed E-state index contributed by atoms with van der Waals surface area (Å²) < 4.78 is 27.0. The highest BCUT2D eigenvalue weighted by molar-refractivity contribution is 6.62. The predicted octanol–water partition coefficient (Wildman–Crippen LogP) is 11.2. The van der Waals surface area contributed by atoms with Crippen molar-refractivity contribution in [3.8, 4) is 47.2 Å². The van der Waals surface area contributed by atoms with Gasteiger partial charge in [0.2, 0.25) is 0 Å². The minimum Gasteiger partial charge on any atom is -0.399 e. The summed E-state index contributed by atoms with van der Waals surface area (Å²) >= 11 is 0. The first kappa shape index (κ1) is 45.6. The third-order valence-corrected chi connectivity index (χ3v) is 14.3. The first-order valence-electron chi connectivity index (χ1n) is 23.2. The molecule has 0 atom stereocenters. The molecule has 2 fully saturated rings. The second-order valence-corrected chi connectivity index (χ2v) is 19.9. The summed E-state index contributed by atoms with van der Waals surface area (Å²) in [6.45, 7) is 23.7. The third-order valence-electron chi connectivity index (χ3n) is 14.3. The Morgan fingerprint density at radius 1 is 0.516 bits per heavy atom. The van der Waals surface area contributed by atoms with Crippen molar-refractivity contribution < 1.29 is 18.6 Å². The van der Waals surface area contributed by atoms with Crippen molar-refractivity contribution >= 4 is 25.2 Å². The summed E-state index contributed by atoms with van der Waals surface area (Å²) in [6.07, 6.45) is 17.0. The van der Waals surface area contributed by atoms with Gasteiger partial charge in [0.15, 0.2) is 0 Å². The van der Waals surface area contributed by atoms with E-state index in [0.717, 1.165) is 42.2 Å². The Kier molecular flexibility index (Phi) is 13.2. The Balaban J connectivity index is 1.55. The smallest absolute Gasteiger partial charge is 0.399 e. The molecule has 0 aromatic heterocycles. The highest BCUT2D eigenvalue weighted by Gasteiger charge is 2.55. The monoisotopic (exact) mass is 825 g/mol. The van der Waals surface area contributed by atoms with Gasteiger partial charge in [0.05, 0.1) is 27.8 Å². The number of rotatable bonds is 14. The van der Waals surface area contributed by atoms with Crippen molar-refractivity contribution in [2.45, 2.75) is 168 Å². The Labute approximate surface area is 375 Å². The van der Waals surface area contributed by atoms with Crippen LogP contribution in [0.1, 0.15) is 165 Å².